The standard InChI is InChI=1S/C53H42N4/c1-35-12-5-6-17-43(35)37-24-22-36(23-25-37)38-13-11-14-41(32-38)48-30-31-54-53(55-48)57-50-21-10-8-19-45(50)47-34-40(27-29-52(47)57)39-26-28-51-46(33-39)44-18-7-9-20-49(44)56(51)42-15-3-2-4-16-42/h2-4,6-11,13,15-24,26-34,37,41H,5,12,14,25H2,1H3. The summed E-state index contributed by atoms with van der Waals surface area (Å²) in [7, 11) is 0. The van der Waals surface area contributed by atoms with Crippen molar-refractivity contribution in [3.8, 4) is 22.8 Å². The minimum absolute atomic E-state index is 0.174. The van der Waals surface area contributed by atoms with Crippen molar-refractivity contribution in [2.45, 2.75) is 38.5 Å². The van der Waals surface area contributed by atoms with E-state index in [0.29, 0.717) is 11.9 Å². The van der Waals surface area contributed by atoms with Gasteiger partial charge in [-0.3, -0.25) is 4.57 Å². The van der Waals surface area contributed by atoms with Crippen LogP contribution in [-0.4, -0.2) is 19.1 Å². The van der Waals surface area contributed by atoms with Crippen molar-refractivity contribution in [3.63, 3.8) is 0 Å². The fourth-order valence-electron chi connectivity index (χ4n) is 9.43. The molecule has 0 spiro atoms. The molecule has 274 valence electrons. The normalized spacial score (nSPS) is 18.3. The van der Waals surface area contributed by atoms with E-state index in [2.05, 4.69) is 186 Å². The van der Waals surface area contributed by atoms with Crippen LogP contribution in [0.5, 0.6) is 0 Å². The first-order chi connectivity index (χ1) is 28.2. The Labute approximate surface area is 332 Å². The Morgan fingerprint density at radius 2 is 1.26 bits per heavy atom. The Balaban J connectivity index is 0.946. The Morgan fingerprint density at radius 3 is 1.98 bits per heavy atom. The molecule has 0 radical (unpaired) electrons. The molecule has 0 N–H and O–H groups in total. The minimum atomic E-state index is 0.174. The maximum absolute atomic E-state index is 5.29. The van der Waals surface area contributed by atoms with Crippen molar-refractivity contribution in [1.29, 1.82) is 0 Å². The lowest BCUT2D eigenvalue weighted by Crippen LogP contribution is -2.09. The van der Waals surface area contributed by atoms with E-state index in [-0.39, 0.29) is 5.92 Å². The predicted molar refractivity (Wildman–Crippen MR) is 237 cm³/mol. The van der Waals surface area contributed by atoms with E-state index in [0.717, 1.165) is 36.0 Å². The number of rotatable bonds is 6. The molecule has 3 aromatic heterocycles. The number of fused-ring (bicyclic) bond motifs is 6. The molecule has 5 aromatic carbocycles. The molecule has 0 bridgehead atoms. The summed E-state index contributed by atoms with van der Waals surface area (Å²) in [6, 6.07) is 43.8. The zero-order valence-electron chi connectivity index (χ0n) is 32.0. The molecule has 2 atom stereocenters. The SMILES string of the molecule is CC1=C(C2C=CC(C3=CC(c4ccnc(-n5c6ccccc6c6cc(-c7ccc8c(c7)c7ccccc7n8-c7ccccc7)ccc65)n4)CC=C3)=CC2)C=CCC1. The highest BCUT2D eigenvalue weighted by molar-refractivity contribution is 6.12. The molecule has 3 aliphatic carbocycles. The fourth-order valence-corrected chi connectivity index (χ4v) is 9.43. The molecular weight excluding hydrogens is 693 g/mol. The van der Waals surface area contributed by atoms with Crippen molar-refractivity contribution < 1.29 is 0 Å². The van der Waals surface area contributed by atoms with Gasteiger partial charge in [-0.15, -0.1) is 0 Å². The number of benzene rings is 5. The van der Waals surface area contributed by atoms with Crippen LogP contribution in [0.2, 0.25) is 0 Å². The third-order valence-corrected chi connectivity index (χ3v) is 12.3. The van der Waals surface area contributed by atoms with Crippen molar-refractivity contribution in [2.24, 2.45) is 5.92 Å². The van der Waals surface area contributed by atoms with Gasteiger partial charge in [0.25, 0.3) is 0 Å². The first kappa shape index (κ1) is 33.5. The first-order valence-corrected chi connectivity index (χ1v) is 20.3. The van der Waals surface area contributed by atoms with Gasteiger partial charge in [0.2, 0.25) is 5.95 Å². The number of hydrogen-bond acceptors (Lipinski definition) is 2. The smallest absolute Gasteiger partial charge is 0.234 e. The van der Waals surface area contributed by atoms with E-state index in [4.69, 9.17) is 9.97 Å². The third kappa shape index (κ3) is 5.74. The van der Waals surface area contributed by atoms with Crippen LogP contribution in [0.4, 0.5) is 0 Å². The number of allylic oxidation sites excluding steroid dienone is 12. The Kier molecular flexibility index (Phi) is 8.10. The first-order valence-electron chi connectivity index (χ1n) is 20.3. The van der Waals surface area contributed by atoms with Gasteiger partial charge in [0, 0.05) is 45.3 Å². The molecule has 11 rings (SSSR count). The van der Waals surface area contributed by atoms with E-state index in [1.54, 1.807) is 0 Å². The van der Waals surface area contributed by atoms with Gasteiger partial charge in [-0.2, -0.15) is 0 Å². The molecule has 3 aliphatic rings. The maximum atomic E-state index is 5.29. The maximum Gasteiger partial charge on any atom is 0.234 e. The molecular formula is C53H42N4. The molecule has 57 heavy (non-hydrogen) atoms. The lowest BCUT2D eigenvalue weighted by molar-refractivity contribution is 0.747. The number of nitrogens with zero attached hydrogens (tertiary/aromatic N) is 4. The van der Waals surface area contributed by atoms with Gasteiger partial charge in [-0.1, -0.05) is 121 Å². The van der Waals surface area contributed by atoms with Crippen LogP contribution in [0, 0.1) is 5.92 Å². The van der Waals surface area contributed by atoms with Crippen LogP contribution < -0.4 is 0 Å². The van der Waals surface area contributed by atoms with Gasteiger partial charge in [0.05, 0.1) is 27.8 Å². The van der Waals surface area contributed by atoms with Crippen LogP contribution in [0.1, 0.15) is 44.2 Å². The zero-order chi connectivity index (χ0) is 37.9. The van der Waals surface area contributed by atoms with Crippen LogP contribution in [0.3, 0.4) is 0 Å². The van der Waals surface area contributed by atoms with Crippen molar-refractivity contribution >= 4 is 43.6 Å². The van der Waals surface area contributed by atoms with E-state index in [1.165, 1.54) is 78.1 Å². The highest BCUT2D eigenvalue weighted by Gasteiger charge is 2.22. The summed E-state index contributed by atoms with van der Waals surface area (Å²) in [5, 5.41) is 4.89. The summed E-state index contributed by atoms with van der Waals surface area (Å²) in [5.41, 5.74) is 14.8. The van der Waals surface area contributed by atoms with E-state index < -0.39 is 0 Å². The second kappa shape index (κ2) is 13.8. The van der Waals surface area contributed by atoms with Gasteiger partial charge < -0.3 is 4.57 Å². The van der Waals surface area contributed by atoms with Crippen molar-refractivity contribution in [1.82, 2.24) is 19.1 Å². The molecule has 0 saturated heterocycles. The van der Waals surface area contributed by atoms with Gasteiger partial charge in [-0.25, -0.2) is 9.97 Å². The quantitative estimate of drug-likeness (QED) is 0.170. The molecule has 8 aromatic rings. The van der Waals surface area contributed by atoms with Crippen molar-refractivity contribution in [3.05, 3.63) is 204 Å². The fraction of sp³-hybridized carbons (Fsp3) is 0.132. The summed E-state index contributed by atoms with van der Waals surface area (Å²) in [5.74, 6) is 1.35. The number of hydrogen-bond donors (Lipinski definition) is 0. The second-order valence-corrected chi connectivity index (χ2v) is 15.7. The Morgan fingerprint density at radius 1 is 0.579 bits per heavy atom. The second-order valence-electron chi connectivity index (χ2n) is 15.7. The van der Waals surface area contributed by atoms with Crippen LogP contribution in [0.25, 0.3) is 66.4 Å². The third-order valence-electron chi connectivity index (χ3n) is 12.3. The number of aromatic nitrogens is 4. The zero-order valence-corrected chi connectivity index (χ0v) is 32.0. The molecule has 2 unspecified atom stereocenters. The molecule has 0 saturated carbocycles. The minimum Gasteiger partial charge on any atom is -0.309 e. The van der Waals surface area contributed by atoms with E-state index in [9.17, 15) is 0 Å². The van der Waals surface area contributed by atoms with Crippen LogP contribution >= 0.6 is 0 Å². The molecule has 0 fully saturated rings. The Hall–Kier alpha value is -6.78. The summed E-state index contributed by atoms with van der Waals surface area (Å²) in [4.78, 5) is 10.2. The summed E-state index contributed by atoms with van der Waals surface area (Å²) >= 11 is 0. The molecule has 0 aliphatic heterocycles. The van der Waals surface area contributed by atoms with Gasteiger partial charge in [0.15, 0.2) is 0 Å². The molecule has 4 nitrogen and oxygen atoms in total. The predicted octanol–water partition coefficient (Wildman–Crippen LogP) is 13.5. The number of para-hydroxylation sites is 3. The van der Waals surface area contributed by atoms with Crippen molar-refractivity contribution in [2.75, 3.05) is 0 Å². The molecule has 3 heterocycles. The molecule has 0 amide bonds. The van der Waals surface area contributed by atoms with Crippen LogP contribution in [-0.2, 0) is 0 Å². The van der Waals surface area contributed by atoms with Gasteiger partial charge in [-0.05, 0) is 115 Å². The topological polar surface area (TPSA) is 35.6 Å². The summed E-state index contributed by atoms with van der Waals surface area (Å²) in [6.45, 7) is 2.30. The average Bonchev–Trinajstić information content (AvgIpc) is 3.79. The average molecular weight is 735 g/mol. The highest BCUT2D eigenvalue weighted by Crippen LogP contribution is 2.39. The largest absolute Gasteiger partial charge is 0.309 e. The lowest BCUT2D eigenvalue weighted by atomic mass is 9.82. The monoisotopic (exact) mass is 734 g/mol. The Bertz CT molecular complexity index is 3090. The van der Waals surface area contributed by atoms with E-state index >= 15 is 0 Å². The van der Waals surface area contributed by atoms with Crippen LogP contribution in [0.15, 0.2) is 198 Å². The van der Waals surface area contributed by atoms with E-state index in [1.807, 2.05) is 6.20 Å². The molecule has 4 heteroatoms. The summed E-state index contributed by atoms with van der Waals surface area (Å²) in [6.07, 6.45) is 25.0. The van der Waals surface area contributed by atoms with Gasteiger partial charge in [0.1, 0.15) is 0 Å². The highest BCUT2D eigenvalue weighted by atomic mass is 15.2. The lowest BCUT2D eigenvalue weighted by Gasteiger charge is -2.23. The summed E-state index contributed by atoms with van der Waals surface area (Å²) < 4.78 is 4.61. The van der Waals surface area contributed by atoms with Gasteiger partial charge >= 0.3 is 0 Å².